The molecule has 1 unspecified atom stereocenters. The molecule has 1 aliphatic rings. The number of methoxy groups -OCH3 is 3. The van der Waals surface area contributed by atoms with Gasteiger partial charge in [0.1, 0.15) is 0 Å². The summed E-state index contributed by atoms with van der Waals surface area (Å²) in [5.41, 5.74) is 3.23. The van der Waals surface area contributed by atoms with E-state index >= 15 is 0 Å². The lowest BCUT2D eigenvalue weighted by molar-refractivity contribution is -0.126. The third kappa shape index (κ3) is 4.14. The maximum atomic E-state index is 12.9. The molecule has 1 aliphatic heterocycles. The van der Waals surface area contributed by atoms with Crippen molar-refractivity contribution in [3.63, 3.8) is 0 Å². The van der Waals surface area contributed by atoms with Gasteiger partial charge in [0.05, 0.1) is 27.4 Å². The van der Waals surface area contributed by atoms with Gasteiger partial charge in [-0.2, -0.15) is 0 Å². The zero-order chi connectivity index (χ0) is 20.1. The number of hydrogen-bond acceptors (Lipinski definition) is 4. The quantitative estimate of drug-likeness (QED) is 0.696. The summed E-state index contributed by atoms with van der Waals surface area (Å²) in [6.45, 7) is 2.85. The van der Waals surface area contributed by atoms with Crippen LogP contribution in [0.25, 0.3) is 6.08 Å². The Labute approximate surface area is 166 Å². The third-order valence-corrected chi connectivity index (χ3v) is 5.10. The predicted molar refractivity (Wildman–Crippen MR) is 110 cm³/mol. The lowest BCUT2D eigenvalue weighted by atomic mass is 10.0. The first-order valence-corrected chi connectivity index (χ1v) is 9.42. The summed E-state index contributed by atoms with van der Waals surface area (Å²) < 4.78 is 16.1. The molecule has 0 N–H and O–H groups in total. The van der Waals surface area contributed by atoms with Gasteiger partial charge in [-0.15, -0.1) is 0 Å². The largest absolute Gasteiger partial charge is 0.493 e. The molecule has 2 aromatic rings. The van der Waals surface area contributed by atoms with E-state index in [4.69, 9.17) is 14.2 Å². The number of amides is 1. The second-order valence-corrected chi connectivity index (χ2v) is 6.89. The smallest absolute Gasteiger partial charge is 0.247 e. The van der Waals surface area contributed by atoms with Crippen molar-refractivity contribution in [1.29, 1.82) is 0 Å². The summed E-state index contributed by atoms with van der Waals surface area (Å²) >= 11 is 0. The van der Waals surface area contributed by atoms with Crippen LogP contribution in [-0.4, -0.2) is 38.7 Å². The molecule has 0 aromatic heterocycles. The molecule has 1 heterocycles. The van der Waals surface area contributed by atoms with Gasteiger partial charge in [0.2, 0.25) is 11.7 Å². The van der Waals surface area contributed by atoms with E-state index < -0.39 is 0 Å². The molecule has 0 bridgehead atoms. The Morgan fingerprint density at radius 2 is 1.68 bits per heavy atom. The van der Waals surface area contributed by atoms with Crippen molar-refractivity contribution in [2.24, 2.45) is 0 Å². The fraction of sp³-hybridized carbons (Fsp3) is 0.348. The number of hydrogen-bond donors (Lipinski definition) is 0. The average molecular weight is 381 g/mol. The Balaban J connectivity index is 1.80. The van der Waals surface area contributed by atoms with Crippen LogP contribution in [0.1, 0.15) is 35.6 Å². The number of aryl methyl sites for hydroxylation is 1. The summed E-state index contributed by atoms with van der Waals surface area (Å²) in [6.07, 6.45) is 5.42. The molecule has 5 nitrogen and oxygen atoms in total. The highest BCUT2D eigenvalue weighted by Gasteiger charge is 2.28. The predicted octanol–water partition coefficient (Wildman–Crippen LogP) is 4.40. The molecule has 0 aliphatic carbocycles. The number of rotatable bonds is 6. The van der Waals surface area contributed by atoms with E-state index in [1.807, 2.05) is 17.0 Å². The van der Waals surface area contributed by atoms with Gasteiger partial charge in [0.25, 0.3) is 0 Å². The normalized spacial score (nSPS) is 16.4. The standard InChI is InChI=1S/C23H27NO4/c1-16-7-10-18(11-8-16)19-6-5-13-24(19)22(25)12-9-17-14-20(26-2)23(28-4)21(15-17)27-3/h7-12,14-15,19H,5-6,13H2,1-4H3/b12-9+. The van der Waals surface area contributed by atoms with Gasteiger partial charge in [-0.3, -0.25) is 4.79 Å². The molecule has 148 valence electrons. The molecule has 3 rings (SSSR count). The van der Waals surface area contributed by atoms with E-state index in [9.17, 15) is 4.79 Å². The van der Waals surface area contributed by atoms with Crippen LogP contribution >= 0.6 is 0 Å². The van der Waals surface area contributed by atoms with Gasteiger partial charge < -0.3 is 19.1 Å². The number of benzene rings is 2. The van der Waals surface area contributed by atoms with E-state index in [1.165, 1.54) is 11.1 Å². The molecule has 28 heavy (non-hydrogen) atoms. The molecule has 1 fully saturated rings. The summed E-state index contributed by atoms with van der Waals surface area (Å²) in [6, 6.07) is 12.2. The Morgan fingerprint density at radius 1 is 1.04 bits per heavy atom. The Morgan fingerprint density at radius 3 is 2.25 bits per heavy atom. The molecule has 0 spiro atoms. The topological polar surface area (TPSA) is 48.0 Å². The third-order valence-electron chi connectivity index (χ3n) is 5.10. The number of likely N-dealkylation sites (tertiary alicyclic amines) is 1. The minimum atomic E-state index is 0.0110. The highest BCUT2D eigenvalue weighted by molar-refractivity contribution is 5.92. The molecule has 1 amide bonds. The second-order valence-electron chi connectivity index (χ2n) is 6.89. The van der Waals surface area contributed by atoms with Gasteiger partial charge >= 0.3 is 0 Å². The highest BCUT2D eigenvalue weighted by atomic mass is 16.5. The van der Waals surface area contributed by atoms with Crippen LogP contribution in [0.2, 0.25) is 0 Å². The summed E-state index contributed by atoms with van der Waals surface area (Å²) in [5, 5.41) is 0. The lowest BCUT2D eigenvalue weighted by Crippen LogP contribution is -2.28. The minimum Gasteiger partial charge on any atom is -0.493 e. The molecule has 0 radical (unpaired) electrons. The van der Waals surface area contributed by atoms with Crippen molar-refractivity contribution in [2.45, 2.75) is 25.8 Å². The fourth-order valence-corrected chi connectivity index (χ4v) is 3.63. The maximum Gasteiger partial charge on any atom is 0.247 e. The zero-order valence-corrected chi connectivity index (χ0v) is 16.9. The molecule has 1 saturated heterocycles. The van der Waals surface area contributed by atoms with Crippen LogP contribution in [0.5, 0.6) is 17.2 Å². The van der Waals surface area contributed by atoms with Crippen LogP contribution < -0.4 is 14.2 Å². The first kappa shape index (κ1) is 19.8. The monoisotopic (exact) mass is 381 g/mol. The van der Waals surface area contributed by atoms with Crippen molar-refractivity contribution in [3.05, 3.63) is 59.2 Å². The van der Waals surface area contributed by atoms with Crippen molar-refractivity contribution in [1.82, 2.24) is 4.90 Å². The van der Waals surface area contributed by atoms with Gasteiger partial charge in [0, 0.05) is 12.6 Å². The fourth-order valence-electron chi connectivity index (χ4n) is 3.63. The molecule has 5 heteroatoms. The van der Waals surface area contributed by atoms with Crippen LogP contribution in [0.15, 0.2) is 42.5 Å². The Kier molecular flexibility index (Phi) is 6.24. The lowest BCUT2D eigenvalue weighted by Gasteiger charge is -2.24. The van der Waals surface area contributed by atoms with Gasteiger partial charge in [-0.25, -0.2) is 0 Å². The van der Waals surface area contributed by atoms with Crippen LogP contribution in [0.3, 0.4) is 0 Å². The molecule has 2 aromatic carbocycles. The number of nitrogens with zero attached hydrogens (tertiary/aromatic N) is 1. The summed E-state index contributed by atoms with van der Waals surface area (Å²) in [5.74, 6) is 1.67. The van der Waals surface area contributed by atoms with Gasteiger partial charge in [-0.05, 0) is 49.1 Å². The number of carbonyl (C=O) groups excluding carboxylic acids is 1. The number of ether oxygens (including phenoxy) is 3. The Hall–Kier alpha value is -2.95. The Bertz CT molecular complexity index is 832. The van der Waals surface area contributed by atoms with Crippen LogP contribution in [-0.2, 0) is 4.79 Å². The molecule has 0 saturated carbocycles. The average Bonchev–Trinajstić information content (AvgIpc) is 3.21. The van der Waals surface area contributed by atoms with Gasteiger partial charge in [0.15, 0.2) is 11.5 Å². The first-order valence-electron chi connectivity index (χ1n) is 9.42. The highest BCUT2D eigenvalue weighted by Crippen LogP contribution is 2.38. The van der Waals surface area contributed by atoms with Crippen molar-refractivity contribution >= 4 is 12.0 Å². The molecule has 1 atom stereocenters. The van der Waals surface area contributed by atoms with Crippen molar-refractivity contribution in [2.75, 3.05) is 27.9 Å². The van der Waals surface area contributed by atoms with E-state index in [1.54, 1.807) is 33.5 Å². The first-order chi connectivity index (χ1) is 13.6. The molecular weight excluding hydrogens is 354 g/mol. The van der Waals surface area contributed by atoms with E-state index in [0.717, 1.165) is 24.9 Å². The zero-order valence-electron chi connectivity index (χ0n) is 16.9. The van der Waals surface area contributed by atoms with Crippen molar-refractivity contribution in [3.8, 4) is 17.2 Å². The van der Waals surface area contributed by atoms with Crippen LogP contribution in [0, 0.1) is 6.92 Å². The maximum absolute atomic E-state index is 12.9. The second kappa shape index (κ2) is 8.83. The van der Waals surface area contributed by atoms with Gasteiger partial charge in [-0.1, -0.05) is 29.8 Å². The molecular formula is C23H27NO4. The minimum absolute atomic E-state index is 0.0110. The van der Waals surface area contributed by atoms with Crippen LogP contribution in [0.4, 0.5) is 0 Å². The SMILES string of the molecule is COc1cc(/C=C/C(=O)N2CCCC2c2ccc(C)cc2)cc(OC)c1OC. The summed E-state index contributed by atoms with van der Waals surface area (Å²) in [7, 11) is 4.72. The van der Waals surface area contributed by atoms with E-state index in [-0.39, 0.29) is 11.9 Å². The van der Waals surface area contributed by atoms with Crippen molar-refractivity contribution < 1.29 is 19.0 Å². The number of carbonyl (C=O) groups is 1. The summed E-state index contributed by atoms with van der Waals surface area (Å²) in [4.78, 5) is 14.8. The van der Waals surface area contributed by atoms with E-state index in [0.29, 0.717) is 17.2 Å². The van der Waals surface area contributed by atoms with E-state index in [2.05, 4.69) is 31.2 Å².